The van der Waals surface area contributed by atoms with Gasteiger partial charge in [0.05, 0.1) is 11.4 Å². The summed E-state index contributed by atoms with van der Waals surface area (Å²) in [6.45, 7) is 0.469. The van der Waals surface area contributed by atoms with Crippen LogP contribution in [0, 0.1) is 0 Å². The Hall–Kier alpha value is -2.68. The van der Waals surface area contributed by atoms with E-state index in [1.807, 2.05) is 0 Å². The molecular formula is C13H12N4O4S. The molecule has 114 valence electrons. The quantitative estimate of drug-likeness (QED) is 0.727. The highest BCUT2D eigenvalue weighted by Gasteiger charge is 2.18. The number of anilines is 1. The summed E-state index contributed by atoms with van der Waals surface area (Å²) in [5.74, 6) is -0.257. The van der Waals surface area contributed by atoms with Gasteiger partial charge in [-0.3, -0.25) is 4.79 Å². The number of sulfonamides is 1. The van der Waals surface area contributed by atoms with Crippen molar-refractivity contribution >= 4 is 21.9 Å². The molecule has 1 aliphatic rings. The Labute approximate surface area is 126 Å². The molecule has 1 aliphatic heterocycles. The van der Waals surface area contributed by atoms with Crippen LogP contribution in [0.2, 0.25) is 0 Å². The minimum Gasteiger partial charge on any atom is -0.476 e. The predicted octanol–water partition coefficient (Wildman–Crippen LogP) is 0.400. The van der Waals surface area contributed by atoms with E-state index in [4.69, 9.17) is 4.74 Å². The zero-order valence-corrected chi connectivity index (χ0v) is 12.1. The predicted molar refractivity (Wildman–Crippen MR) is 77.1 cm³/mol. The SMILES string of the molecule is O=C1NCCOc2ccnc(n2)NS(=O)(=O)c2cccc1c2. The largest absolute Gasteiger partial charge is 0.476 e. The number of nitrogens with one attached hydrogen (secondary N) is 2. The van der Waals surface area contributed by atoms with Gasteiger partial charge in [-0.25, -0.2) is 18.1 Å². The molecule has 1 aromatic carbocycles. The van der Waals surface area contributed by atoms with Gasteiger partial charge in [0.25, 0.3) is 15.9 Å². The van der Waals surface area contributed by atoms with E-state index in [0.29, 0.717) is 0 Å². The van der Waals surface area contributed by atoms with Crippen molar-refractivity contribution < 1.29 is 17.9 Å². The number of hydrogen-bond donors (Lipinski definition) is 2. The van der Waals surface area contributed by atoms with Crippen molar-refractivity contribution in [2.75, 3.05) is 17.9 Å². The first-order valence-electron chi connectivity index (χ1n) is 6.41. The van der Waals surface area contributed by atoms with Crippen LogP contribution in [0.3, 0.4) is 0 Å². The van der Waals surface area contributed by atoms with Gasteiger partial charge in [-0.05, 0) is 18.2 Å². The van der Waals surface area contributed by atoms with Crippen LogP contribution >= 0.6 is 0 Å². The standard InChI is InChI=1S/C13H12N4O4S/c18-12-9-2-1-3-10(8-9)22(19,20)17-13-15-5-4-11(16-13)21-7-6-14-12/h1-5,8H,6-7H2,(H,14,18)(H,15,16,17). The Morgan fingerprint density at radius 1 is 1.23 bits per heavy atom. The van der Waals surface area contributed by atoms with Crippen LogP contribution < -0.4 is 14.8 Å². The van der Waals surface area contributed by atoms with Gasteiger partial charge < -0.3 is 10.1 Å². The van der Waals surface area contributed by atoms with Gasteiger partial charge in [0.1, 0.15) is 6.61 Å². The molecule has 3 rings (SSSR count). The molecule has 8 nitrogen and oxygen atoms in total. The third kappa shape index (κ3) is 2.98. The zero-order valence-electron chi connectivity index (χ0n) is 11.3. The number of carbonyl (C=O) groups excluding carboxylic acids is 1. The first-order chi connectivity index (χ1) is 10.5. The highest BCUT2D eigenvalue weighted by Crippen LogP contribution is 2.16. The van der Waals surface area contributed by atoms with E-state index in [9.17, 15) is 13.2 Å². The molecule has 9 heteroatoms. The van der Waals surface area contributed by atoms with Crippen molar-refractivity contribution in [3.05, 3.63) is 42.1 Å². The average molecular weight is 320 g/mol. The highest BCUT2D eigenvalue weighted by atomic mass is 32.2. The summed E-state index contributed by atoms with van der Waals surface area (Å²) >= 11 is 0. The van der Waals surface area contributed by atoms with Crippen molar-refractivity contribution in [3.8, 4) is 5.88 Å². The fraction of sp³-hybridized carbons (Fsp3) is 0.154. The van der Waals surface area contributed by atoms with Crippen LogP contribution in [-0.4, -0.2) is 37.4 Å². The lowest BCUT2D eigenvalue weighted by molar-refractivity contribution is 0.0946. The summed E-state index contributed by atoms with van der Waals surface area (Å²) < 4.78 is 32.2. The molecule has 0 spiro atoms. The number of hydrogen-bond acceptors (Lipinski definition) is 6. The Kier molecular flexibility index (Phi) is 3.63. The van der Waals surface area contributed by atoms with E-state index < -0.39 is 10.0 Å². The molecule has 4 bridgehead atoms. The Morgan fingerprint density at radius 2 is 2.09 bits per heavy atom. The number of benzene rings is 1. The van der Waals surface area contributed by atoms with E-state index in [0.717, 1.165) is 0 Å². The Balaban J connectivity index is 2.06. The lowest BCUT2D eigenvalue weighted by Gasteiger charge is -2.08. The summed E-state index contributed by atoms with van der Waals surface area (Å²) in [7, 11) is -3.89. The number of rotatable bonds is 0. The van der Waals surface area contributed by atoms with Gasteiger partial charge in [0, 0.05) is 17.8 Å². The second-order valence-electron chi connectivity index (χ2n) is 4.46. The maximum atomic E-state index is 12.3. The zero-order chi connectivity index (χ0) is 15.6. The van der Waals surface area contributed by atoms with Crippen molar-refractivity contribution in [2.24, 2.45) is 0 Å². The monoisotopic (exact) mass is 320 g/mol. The van der Waals surface area contributed by atoms with E-state index in [1.165, 1.54) is 36.5 Å². The molecule has 0 saturated carbocycles. The van der Waals surface area contributed by atoms with E-state index in [-0.39, 0.29) is 41.3 Å². The van der Waals surface area contributed by atoms with Crippen LogP contribution in [0.5, 0.6) is 5.88 Å². The summed E-state index contributed by atoms with van der Waals surface area (Å²) in [4.78, 5) is 19.7. The molecule has 0 radical (unpaired) electrons. The molecule has 0 saturated heterocycles. The fourth-order valence-corrected chi connectivity index (χ4v) is 2.87. The minimum absolute atomic E-state index is 0.0469. The topological polar surface area (TPSA) is 110 Å². The molecule has 0 atom stereocenters. The summed E-state index contributed by atoms with van der Waals surface area (Å²) in [6, 6.07) is 7.21. The number of nitrogens with zero attached hydrogens (tertiary/aromatic N) is 2. The lowest BCUT2D eigenvalue weighted by Crippen LogP contribution is -2.28. The first kappa shape index (κ1) is 14.3. The van der Waals surface area contributed by atoms with Crippen molar-refractivity contribution in [3.63, 3.8) is 0 Å². The molecule has 2 N–H and O–H groups in total. The molecular weight excluding hydrogens is 308 g/mol. The molecule has 0 fully saturated rings. The van der Waals surface area contributed by atoms with E-state index >= 15 is 0 Å². The van der Waals surface area contributed by atoms with Crippen molar-refractivity contribution in [1.82, 2.24) is 15.3 Å². The Bertz CT molecular complexity index is 822. The second-order valence-corrected chi connectivity index (χ2v) is 6.14. The van der Waals surface area contributed by atoms with Crippen LogP contribution in [-0.2, 0) is 10.0 Å². The minimum atomic E-state index is -3.89. The number of ether oxygens (including phenoxy) is 1. The second kappa shape index (κ2) is 5.60. The van der Waals surface area contributed by atoms with Crippen LogP contribution in [0.1, 0.15) is 10.4 Å². The third-order valence-electron chi connectivity index (χ3n) is 2.90. The highest BCUT2D eigenvalue weighted by molar-refractivity contribution is 7.92. The smallest absolute Gasteiger partial charge is 0.264 e. The van der Waals surface area contributed by atoms with Gasteiger partial charge in [-0.1, -0.05) is 6.07 Å². The van der Waals surface area contributed by atoms with Crippen LogP contribution in [0.25, 0.3) is 0 Å². The summed E-state index contributed by atoms with van der Waals surface area (Å²) in [5.41, 5.74) is 0.245. The molecule has 2 heterocycles. The van der Waals surface area contributed by atoms with Gasteiger partial charge in [-0.15, -0.1) is 0 Å². The van der Waals surface area contributed by atoms with E-state index in [2.05, 4.69) is 20.0 Å². The summed E-state index contributed by atoms with van der Waals surface area (Å²) in [6.07, 6.45) is 1.38. The molecule has 2 aromatic rings. The van der Waals surface area contributed by atoms with Gasteiger partial charge >= 0.3 is 0 Å². The van der Waals surface area contributed by atoms with Crippen LogP contribution in [0.15, 0.2) is 41.4 Å². The molecule has 22 heavy (non-hydrogen) atoms. The van der Waals surface area contributed by atoms with Crippen LogP contribution in [0.4, 0.5) is 5.95 Å². The molecule has 1 amide bonds. The van der Waals surface area contributed by atoms with Crippen molar-refractivity contribution in [1.29, 1.82) is 0 Å². The molecule has 0 aliphatic carbocycles. The van der Waals surface area contributed by atoms with Gasteiger partial charge in [0.15, 0.2) is 0 Å². The number of fused-ring (bicyclic) bond motifs is 4. The first-order valence-corrected chi connectivity index (χ1v) is 7.90. The third-order valence-corrected chi connectivity index (χ3v) is 4.23. The van der Waals surface area contributed by atoms with Crippen molar-refractivity contribution in [2.45, 2.75) is 4.90 Å². The van der Waals surface area contributed by atoms with Gasteiger partial charge in [-0.2, -0.15) is 4.98 Å². The molecule has 0 unspecified atom stereocenters. The Morgan fingerprint density at radius 3 is 2.95 bits per heavy atom. The number of carbonyl (C=O) groups is 1. The van der Waals surface area contributed by atoms with Gasteiger partial charge in [0.2, 0.25) is 11.8 Å². The molecule has 1 aromatic heterocycles. The number of aromatic nitrogens is 2. The number of amides is 1. The lowest BCUT2D eigenvalue weighted by atomic mass is 10.2. The normalized spacial score (nSPS) is 16.8. The maximum Gasteiger partial charge on any atom is 0.264 e. The fourth-order valence-electron chi connectivity index (χ4n) is 1.88. The average Bonchev–Trinajstić information content (AvgIpc) is 2.51. The maximum absolute atomic E-state index is 12.3. The van der Waals surface area contributed by atoms with E-state index in [1.54, 1.807) is 0 Å². The summed E-state index contributed by atoms with van der Waals surface area (Å²) in [5, 5.41) is 2.64.